The van der Waals surface area contributed by atoms with E-state index in [1.807, 2.05) is 0 Å². The van der Waals surface area contributed by atoms with Crippen molar-refractivity contribution in [2.75, 3.05) is 5.75 Å². The van der Waals surface area contributed by atoms with Gasteiger partial charge in [0.25, 0.3) is 5.56 Å². The van der Waals surface area contributed by atoms with Gasteiger partial charge in [0.2, 0.25) is 5.88 Å². The van der Waals surface area contributed by atoms with Gasteiger partial charge >= 0.3 is 0 Å². The average Bonchev–Trinajstić information content (AvgIpc) is 2.26. The van der Waals surface area contributed by atoms with Crippen LogP contribution in [0.15, 0.2) is 4.79 Å². The van der Waals surface area contributed by atoms with Gasteiger partial charge in [-0.3, -0.25) is 4.79 Å². The quantitative estimate of drug-likeness (QED) is 0.765. The number of aromatic hydroxyl groups is 1. The van der Waals surface area contributed by atoms with Gasteiger partial charge in [0, 0.05) is 0 Å². The van der Waals surface area contributed by atoms with E-state index in [2.05, 4.69) is 9.97 Å². The SMILES string of the molecule is Cc1c(O)nc(C2CCCCS2)[nH]c1=O. The molecule has 1 aromatic heterocycles. The van der Waals surface area contributed by atoms with Gasteiger partial charge in [0.15, 0.2) is 0 Å². The molecule has 1 atom stereocenters. The Kier molecular flexibility index (Phi) is 3.00. The third-order valence-corrected chi connectivity index (χ3v) is 4.01. The Hall–Kier alpha value is -0.970. The predicted molar refractivity (Wildman–Crippen MR) is 60.3 cm³/mol. The number of nitrogens with zero attached hydrogens (tertiary/aromatic N) is 1. The zero-order valence-corrected chi connectivity index (χ0v) is 9.43. The smallest absolute Gasteiger partial charge is 0.257 e. The molecule has 2 N–H and O–H groups in total. The molecule has 2 rings (SSSR count). The third kappa shape index (κ3) is 2.17. The number of nitrogens with one attached hydrogen (secondary N) is 1. The number of rotatable bonds is 1. The number of hydrogen-bond acceptors (Lipinski definition) is 4. The zero-order chi connectivity index (χ0) is 10.8. The number of aromatic nitrogens is 2. The van der Waals surface area contributed by atoms with Crippen LogP contribution in [0.25, 0.3) is 0 Å². The van der Waals surface area contributed by atoms with Gasteiger partial charge in [-0.2, -0.15) is 16.7 Å². The molecule has 2 heterocycles. The van der Waals surface area contributed by atoms with Crippen molar-refractivity contribution in [2.45, 2.75) is 31.4 Å². The summed E-state index contributed by atoms with van der Waals surface area (Å²) in [6, 6.07) is 0. The van der Waals surface area contributed by atoms with Crippen molar-refractivity contribution in [3.8, 4) is 5.88 Å². The van der Waals surface area contributed by atoms with Crippen molar-refractivity contribution < 1.29 is 5.11 Å². The maximum Gasteiger partial charge on any atom is 0.257 e. The van der Waals surface area contributed by atoms with E-state index in [4.69, 9.17) is 0 Å². The van der Waals surface area contributed by atoms with E-state index in [1.54, 1.807) is 18.7 Å². The van der Waals surface area contributed by atoms with Crippen molar-refractivity contribution in [3.63, 3.8) is 0 Å². The molecule has 0 aromatic carbocycles. The second-order valence-electron chi connectivity index (χ2n) is 3.75. The highest BCUT2D eigenvalue weighted by molar-refractivity contribution is 7.99. The maximum absolute atomic E-state index is 11.4. The normalized spacial score (nSPS) is 21.5. The van der Waals surface area contributed by atoms with Crippen LogP contribution in [-0.4, -0.2) is 20.8 Å². The minimum Gasteiger partial charge on any atom is -0.493 e. The van der Waals surface area contributed by atoms with Gasteiger partial charge in [0.05, 0.1) is 10.8 Å². The average molecular weight is 226 g/mol. The van der Waals surface area contributed by atoms with E-state index in [0.717, 1.165) is 18.6 Å². The molecule has 0 aliphatic carbocycles. The molecule has 0 amide bonds. The van der Waals surface area contributed by atoms with E-state index < -0.39 is 0 Å². The summed E-state index contributed by atoms with van der Waals surface area (Å²) in [7, 11) is 0. The van der Waals surface area contributed by atoms with Crippen LogP contribution in [0.4, 0.5) is 0 Å². The fraction of sp³-hybridized carbons (Fsp3) is 0.600. The molecule has 15 heavy (non-hydrogen) atoms. The van der Waals surface area contributed by atoms with Crippen LogP contribution in [0.3, 0.4) is 0 Å². The molecule has 1 fully saturated rings. The van der Waals surface area contributed by atoms with E-state index in [9.17, 15) is 9.90 Å². The van der Waals surface area contributed by atoms with Crippen LogP contribution < -0.4 is 5.56 Å². The summed E-state index contributed by atoms with van der Waals surface area (Å²) in [6.45, 7) is 1.57. The largest absolute Gasteiger partial charge is 0.493 e. The fourth-order valence-corrected chi connectivity index (χ4v) is 2.90. The topological polar surface area (TPSA) is 66.0 Å². The molecule has 1 aliphatic heterocycles. The second kappa shape index (κ2) is 4.26. The Bertz CT molecular complexity index is 410. The van der Waals surface area contributed by atoms with E-state index in [-0.39, 0.29) is 16.7 Å². The highest BCUT2D eigenvalue weighted by Gasteiger charge is 2.19. The highest BCUT2D eigenvalue weighted by Crippen LogP contribution is 2.36. The summed E-state index contributed by atoms with van der Waals surface area (Å²) in [5.41, 5.74) is 0.0585. The molecule has 0 spiro atoms. The first-order chi connectivity index (χ1) is 7.18. The van der Waals surface area contributed by atoms with Crippen LogP contribution in [0.5, 0.6) is 5.88 Å². The Labute approximate surface area is 92.1 Å². The summed E-state index contributed by atoms with van der Waals surface area (Å²) < 4.78 is 0. The van der Waals surface area contributed by atoms with Crippen molar-refractivity contribution in [1.82, 2.24) is 9.97 Å². The van der Waals surface area contributed by atoms with Crippen molar-refractivity contribution in [1.29, 1.82) is 0 Å². The summed E-state index contributed by atoms with van der Waals surface area (Å²) in [5.74, 6) is 1.58. The van der Waals surface area contributed by atoms with Crippen LogP contribution in [0.2, 0.25) is 0 Å². The van der Waals surface area contributed by atoms with Crippen molar-refractivity contribution in [3.05, 3.63) is 21.7 Å². The van der Waals surface area contributed by atoms with Crippen LogP contribution >= 0.6 is 11.8 Å². The Morgan fingerprint density at radius 2 is 2.33 bits per heavy atom. The lowest BCUT2D eigenvalue weighted by molar-refractivity contribution is 0.441. The van der Waals surface area contributed by atoms with Crippen LogP contribution in [0, 0.1) is 6.92 Å². The van der Waals surface area contributed by atoms with Crippen molar-refractivity contribution in [2.24, 2.45) is 0 Å². The maximum atomic E-state index is 11.4. The fourth-order valence-electron chi connectivity index (χ4n) is 1.65. The van der Waals surface area contributed by atoms with E-state index in [1.165, 1.54) is 6.42 Å². The Balaban J connectivity index is 2.32. The standard InChI is InChI=1S/C10H14N2O2S/c1-6-9(13)11-8(12-10(6)14)7-4-2-3-5-15-7/h7H,2-5H2,1H3,(H2,11,12,13,14). The first-order valence-corrected chi connectivity index (χ1v) is 6.15. The lowest BCUT2D eigenvalue weighted by atomic mass is 10.2. The molecule has 0 saturated carbocycles. The van der Waals surface area contributed by atoms with Crippen LogP contribution in [-0.2, 0) is 0 Å². The van der Waals surface area contributed by atoms with Gasteiger partial charge in [-0.05, 0) is 25.5 Å². The van der Waals surface area contributed by atoms with Gasteiger partial charge in [-0.25, -0.2) is 0 Å². The van der Waals surface area contributed by atoms with Gasteiger partial charge < -0.3 is 10.1 Å². The van der Waals surface area contributed by atoms with E-state index in [0.29, 0.717) is 11.4 Å². The van der Waals surface area contributed by atoms with Crippen molar-refractivity contribution >= 4 is 11.8 Å². The minimum atomic E-state index is -0.233. The highest BCUT2D eigenvalue weighted by atomic mass is 32.2. The molecule has 5 heteroatoms. The molecule has 0 radical (unpaired) electrons. The molecule has 1 unspecified atom stereocenters. The predicted octanol–water partition coefficient (Wildman–Crippen LogP) is 1.74. The Morgan fingerprint density at radius 1 is 1.53 bits per heavy atom. The molecule has 1 aromatic rings. The number of aromatic amines is 1. The van der Waals surface area contributed by atoms with Gasteiger partial charge in [-0.1, -0.05) is 6.42 Å². The number of thioether (sulfide) groups is 1. The molecular formula is C10H14N2O2S. The van der Waals surface area contributed by atoms with Crippen LogP contribution in [0.1, 0.15) is 35.9 Å². The summed E-state index contributed by atoms with van der Waals surface area (Å²) in [4.78, 5) is 18.2. The molecule has 82 valence electrons. The number of hydrogen-bond donors (Lipinski definition) is 2. The molecule has 0 bridgehead atoms. The van der Waals surface area contributed by atoms with E-state index >= 15 is 0 Å². The molecular weight excluding hydrogens is 212 g/mol. The monoisotopic (exact) mass is 226 g/mol. The minimum absolute atomic E-state index is 0.139. The second-order valence-corrected chi connectivity index (χ2v) is 5.07. The molecule has 4 nitrogen and oxygen atoms in total. The lowest BCUT2D eigenvalue weighted by Crippen LogP contribution is -2.17. The molecule has 1 saturated heterocycles. The zero-order valence-electron chi connectivity index (χ0n) is 8.62. The third-order valence-electron chi connectivity index (χ3n) is 2.63. The number of H-pyrrole nitrogens is 1. The summed E-state index contributed by atoms with van der Waals surface area (Å²) in [5, 5.41) is 9.71. The van der Waals surface area contributed by atoms with Gasteiger partial charge in [0.1, 0.15) is 5.82 Å². The lowest BCUT2D eigenvalue weighted by Gasteiger charge is -2.20. The molecule has 1 aliphatic rings. The summed E-state index contributed by atoms with van der Waals surface area (Å²) in [6.07, 6.45) is 3.41. The Morgan fingerprint density at radius 3 is 2.93 bits per heavy atom. The van der Waals surface area contributed by atoms with Gasteiger partial charge in [-0.15, -0.1) is 0 Å². The first-order valence-electron chi connectivity index (χ1n) is 5.10. The first kappa shape index (κ1) is 10.5. The summed E-state index contributed by atoms with van der Waals surface area (Å²) >= 11 is 1.80.